The Hall–Kier alpha value is -1.65. The number of esters is 1. The summed E-state index contributed by atoms with van der Waals surface area (Å²) in [4.78, 5) is 12.1. The van der Waals surface area contributed by atoms with Gasteiger partial charge >= 0.3 is 5.97 Å². The van der Waals surface area contributed by atoms with Crippen molar-refractivity contribution in [3.63, 3.8) is 0 Å². The molecule has 2 N–H and O–H groups in total. The first-order valence-corrected chi connectivity index (χ1v) is 14.1. The van der Waals surface area contributed by atoms with Gasteiger partial charge in [0.05, 0.1) is 12.2 Å². The number of allylic oxidation sites excluding steroid dienone is 4. The molecule has 0 aromatic heterocycles. The average molecular weight is 483 g/mol. The Labute approximate surface area is 212 Å². The SMILES string of the molecule is C=C1C(=CC=C2CCC[C@]3(C)[C@@H]([C@H](C)C=C[C@H](OC(=O)CCC)C4CC4)CC[C@@H]23)C[C@@H](O)C[C@@H]1O. The Kier molecular flexibility index (Phi) is 8.43. The third kappa shape index (κ3) is 6.02. The fourth-order valence-electron chi connectivity index (χ4n) is 7.16. The van der Waals surface area contributed by atoms with Crippen LogP contribution in [0.3, 0.4) is 0 Å². The first kappa shape index (κ1) is 26.4. The molecule has 194 valence electrons. The molecule has 0 unspecified atom stereocenters. The van der Waals surface area contributed by atoms with Crippen molar-refractivity contribution < 1.29 is 19.7 Å². The van der Waals surface area contributed by atoms with Crippen molar-refractivity contribution >= 4 is 5.97 Å². The molecule has 0 aliphatic heterocycles. The zero-order valence-electron chi connectivity index (χ0n) is 22.0. The van der Waals surface area contributed by atoms with E-state index in [0.717, 1.165) is 36.8 Å². The van der Waals surface area contributed by atoms with Crippen LogP contribution >= 0.6 is 0 Å². The van der Waals surface area contributed by atoms with Gasteiger partial charge in [-0.1, -0.05) is 51.2 Å². The lowest BCUT2D eigenvalue weighted by molar-refractivity contribution is -0.147. The smallest absolute Gasteiger partial charge is 0.306 e. The molecule has 0 amide bonds. The molecule has 0 spiro atoms. The van der Waals surface area contributed by atoms with Gasteiger partial charge in [0.2, 0.25) is 0 Å². The number of hydrogen-bond acceptors (Lipinski definition) is 4. The normalized spacial score (nSPS) is 37.6. The number of carbonyl (C=O) groups is 1. The van der Waals surface area contributed by atoms with Crippen LogP contribution in [0.4, 0.5) is 0 Å². The summed E-state index contributed by atoms with van der Waals surface area (Å²) in [6.07, 6.45) is 18.5. The molecular weight excluding hydrogens is 436 g/mol. The highest BCUT2D eigenvalue weighted by Gasteiger charge is 2.50. The molecule has 4 fully saturated rings. The van der Waals surface area contributed by atoms with Gasteiger partial charge in [-0.2, -0.15) is 0 Å². The maximum atomic E-state index is 12.1. The Bertz CT molecular complexity index is 878. The van der Waals surface area contributed by atoms with E-state index in [-0.39, 0.29) is 17.5 Å². The maximum absolute atomic E-state index is 12.1. The van der Waals surface area contributed by atoms with Crippen LogP contribution in [0.5, 0.6) is 0 Å². The first-order chi connectivity index (χ1) is 16.7. The molecule has 35 heavy (non-hydrogen) atoms. The van der Waals surface area contributed by atoms with Crippen molar-refractivity contribution in [1.29, 1.82) is 0 Å². The van der Waals surface area contributed by atoms with Crippen LogP contribution in [-0.2, 0) is 9.53 Å². The van der Waals surface area contributed by atoms with Crippen molar-refractivity contribution in [3.05, 3.63) is 47.6 Å². The van der Waals surface area contributed by atoms with E-state index in [4.69, 9.17) is 4.74 Å². The lowest BCUT2D eigenvalue weighted by Gasteiger charge is -2.44. The first-order valence-electron chi connectivity index (χ1n) is 14.1. The van der Waals surface area contributed by atoms with Gasteiger partial charge in [-0.05, 0) is 104 Å². The molecule has 4 rings (SSSR count). The minimum atomic E-state index is -0.635. The van der Waals surface area contributed by atoms with Crippen molar-refractivity contribution in [3.8, 4) is 0 Å². The van der Waals surface area contributed by atoms with Gasteiger partial charge in [-0.15, -0.1) is 0 Å². The number of hydrogen-bond donors (Lipinski definition) is 2. The monoisotopic (exact) mass is 482 g/mol. The van der Waals surface area contributed by atoms with E-state index in [9.17, 15) is 15.0 Å². The number of fused-ring (bicyclic) bond motifs is 1. The molecule has 0 heterocycles. The standard InChI is InChI=1S/C31H46O4/c1-5-7-30(34)35-29(23-11-12-23)16-9-20(2)26-14-15-27-22(8-6-17-31(26,27)4)10-13-24-18-25(32)19-28(33)21(24)3/h9-10,13,16,20,23,25-29,32-33H,3,5-8,11-12,14-15,17-19H2,1-2,4H3/t20-,25-,26-,27+,28+,29+,31-/m1/s1. The summed E-state index contributed by atoms with van der Waals surface area (Å²) in [5, 5.41) is 20.3. The van der Waals surface area contributed by atoms with Gasteiger partial charge in [-0.3, -0.25) is 4.79 Å². The van der Waals surface area contributed by atoms with E-state index in [1.807, 2.05) is 6.92 Å². The van der Waals surface area contributed by atoms with Crippen molar-refractivity contribution in [1.82, 2.24) is 0 Å². The lowest BCUT2D eigenvalue weighted by Crippen LogP contribution is -2.35. The minimum absolute atomic E-state index is 0.0516. The van der Waals surface area contributed by atoms with Crippen LogP contribution in [0.25, 0.3) is 0 Å². The van der Waals surface area contributed by atoms with E-state index in [2.05, 4.69) is 44.7 Å². The molecular formula is C31H46O4. The molecule has 4 nitrogen and oxygen atoms in total. The van der Waals surface area contributed by atoms with E-state index in [0.29, 0.717) is 42.9 Å². The summed E-state index contributed by atoms with van der Waals surface area (Å²) < 4.78 is 5.81. The van der Waals surface area contributed by atoms with E-state index in [1.165, 1.54) is 31.3 Å². The fraction of sp³-hybridized carbons (Fsp3) is 0.710. The third-order valence-corrected chi connectivity index (χ3v) is 9.35. The Balaban J connectivity index is 1.45. The summed E-state index contributed by atoms with van der Waals surface area (Å²) in [6.45, 7) is 10.9. The van der Waals surface area contributed by atoms with E-state index < -0.39 is 12.2 Å². The minimum Gasteiger partial charge on any atom is -0.458 e. The highest BCUT2D eigenvalue weighted by Crippen LogP contribution is 2.59. The molecule has 0 bridgehead atoms. The molecule has 4 heteroatoms. The summed E-state index contributed by atoms with van der Waals surface area (Å²) in [5.74, 6) is 2.11. The Morgan fingerprint density at radius 2 is 1.97 bits per heavy atom. The summed E-state index contributed by atoms with van der Waals surface area (Å²) in [6, 6.07) is 0. The quantitative estimate of drug-likeness (QED) is 0.308. The highest BCUT2D eigenvalue weighted by molar-refractivity contribution is 5.69. The van der Waals surface area contributed by atoms with Crippen molar-refractivity contribution in [2.24, 2.45) is 29.1 Å². The molecule has 0 radical (unpaired) electrons. The lowest BCUT2D eigenvalue weighted by atomic mass is 9.61. The van der Waals surface area contributed by atoms with Gasteiger partial charge in [0.25, 0.3) is 0 Å². The molecule has 4 aliphatic rings. The topological polar surface area (TPSA) is 66.8 Å². The fourth-order valence-corrected chi connectivity index (χ4v) is 7.16. The second kappa shape index (κ2) is 11.2. The van der Waals surface area contributed by atoms with Crippen LogP contribution in [0, 0.1) is 29.1 Å². The summed E-state index contributed by atoms with van der Waals surface area (Å²) in [5.41, 5.74) is 3.56. The van der Waals surface area contributed by atoms with Gasteiger partial charge < -0.3 is 14.9 Å². The number of rotatable bonds is 8. The van der Waals surface area contributed by atoms with Gasteiger partial charge in [-0.25, -0.2) is 0 Å². The summed E-state index contributed by atoms with van der Waals surface area (Å²) >= 11 is 0. The second-order valence-electron chi connectivity index (χ2n) is 11.9. The predicted molar refractivity (Wildman–Crippen MR) is 141 cm³/mol. The molecule has 4 aliphatic carbocycles. The van der Waals surface area contributed by atoms with E-state index >= 15 is 0 Å². The average Bonchev–Trinajstić information content (AvgIpc) is 3.59. The maximum Gasteiger partial charge on any atom is 0.306 e. The Morgan fingerprint density at radius 3 is 2.69 bits per heavy atom. The van der Waals surface area contributed by atoms with Gasteiger partial charge in [0.15, 0.2) is 0 Å². The molecule has 0 aromatic carbocycles. The highest BCUT2D eigenvalue weighted by atomic mass is 16.5. The van der Waals surface area contributed by atoms with Crippen molar-refractivity contribution in [2.75, 3.05) is 0 Å². The molecule has 0 aromatic rings. The van der Waals surface area contributed by atoms with Gasteiger partial charge in [0.1, 0.15) is 6.10 Å². The number of aliphatic hydroxyl groups is 2. The van der Waals surface area contributed by atoms with Crippen molar-refractivity contribution in [2.45, 2.75) is 110 Å². The largest absolute Gasteiger partial charge is 0.458 e. The van der Waals surface area contributed by atoms with Crippen LogP contribution < -0.4 is 0 Å². The number of aliphatic hydroxyl groups excluding tert-OH is 2. The summed E-state index contributed by atoms with van der Waals surface area (Å²) in [7, 11) is 0. The number of ether oxygens (including phenoxy) is 1. The van der Waals surface area contributed by atoms with Gasteiger partial charge in [0, 0.05) is 12.8 Å². The van der Waals surface area contributed by atoms with Crippen LogP contribution in [-0.4, -0.2) is 34.5 Å². The molecule has 7 atom stereocenters. The zero-order valence-corrected chi connectivity index (χ0v) is 22.0. The molecule has 0 saturated heterocycles. The second-order valence-corrected chi connectivity index (χ2v) is 11.9. The third-order valence-electron chi connectivity index (χ3n) is 9.35. The predicted octanol–water partition coefficient (Wildman–Crippen LogP) is 6.44. The van der Waals surface area contributed by atoms with Crippen LogP contribution in [0.15, 0.2) is 47.6 Å². The van der Waals surface area contributed by atoms with Crippen LogP contribution in [0.1, 0.15) is 91.4 Å². The number of carbonyl (C=O) groups excluding carboxylic acids is 1. The zero-order chi connectivity index (χ0) is 25.2. The van der Waals surface area contributed by atoms with E-state index in [1.54, 1.807) is 0 Å². The Morgan fingerprint density at radius 1 is 1.20 bits per heavy atom. The van der Waals surface area contributed by atoms with Crippen LogP contribution in [0.2, 0.25) is 0 Å². The molecule has 4 saturated carbocycles.